The molecule has 1 heteroatoms. The molecule has 1 rings (SSSR count). The Morgan fingerprint density at radius 3 is 2.41 bits per heavy atom. The first-order valence-corrected chi connectivity index (χ1v) is 6.73. The monoisotopic (exact) mass is 234 g/mol. The van der Waals surface area contributed by atoms with E-state index in [0.717, 1.165) is 19.3 Å². The van der Waals surface area contributed by atoms with Crippen molar-refractivity contribution in [3.8, 4) is 0 Å². The van der Waals surface area contributed by atoms with Gasteiger partial charge in [0.15, 0.2) is 0 Å². The molecule has 1 aromatic rings. The predicted octanol–water partition coefficient (Wildman–Crippen LogP) is 4.18. The Kier molecular flexibility index (Phi) is 5.20. The summed E-state index contributed by atoms with van der Waals surface area (Å²) >= 11 is 0. The zero-order valence-electron chi connectivity index (χ0n) is 11.7. The molecule has 0 amide bonds. The molecule has 1 nitrogen and oxygen atoms in total. The molecular formula is C16H26O. The summed E-state index contributed by atoms with van der Waals surface area (Å²) in [6.45, 7) is 8.40. The fourth-order valence-electron chi connectivity index (χ4n) is 2.20. The molecule has 1 atom stereocenters. The van der Waals surface area contributed by atoms with Crippen LogP contribution in [0.4, 0.5) is 0 Å². The maximum atomic E-state index is 10.4. The van der Waals surface area contributed by atoms with E-state index in [4.69, 9.17) is 0 Å². The summed E-state index contributed by atoms with van der Waals surface area (Å²) in [4.78, 5) is 0. The van der Waals surface area contributed by atoms with Crippen LogP contribution >= 0.6 is 0 Å². The molecular weight excluding hydrogens is 208 g/mol. The Balaban J connectivity index is 2.59. The van der Waals surface area contributed by atoms with Crippen molar-refractivity contribution in [3.05, 3.63) is 34.9 Å². The Labute approximate surface area is 106 Å². The number of unbranched alkanes of at least 4 members (excludes halogenated alkanes) is 2. The minimum absolute atomic E-state index is 0.559. The lowest BCUT2D eigenvalue weighted by Crippen LogP contribution is -2.27. The van der Waals surface area contributed by atoms with E-state index in [1.807, 2.05) is 6.92 Å². The van der Waals surface area contributed by atoms with Crippen LogP contribution in [0.1, 0.15) is 56.2 Å². The summed E-state index contributed by atoms with van der Waals surface area (Å²) in [7, 11) is 0. The number of aryl methyl sites for hydroxylation is 2. The molecule has 0 bridgehead atoms. The highest BCUT2D eigenvalue weighted by Crippen LogP contribution is 2.21. The van der Waals surface area contributed by atoms with Crippen molar-refractivity contribution in [2.75, 3.05) is 0 Å². The Morgan fingerprint density at radius 1 is 1.12 bits per heavy atom. The van der Waals surface area contributed by atoms with E-state index in [9.17, 15) is 5.11 Å². The topological polar surface area (TPSA) is 20.2 Å². The van der Waals surface area contributed by atoms with Crippen LogP contribution in [0.5, 0.6) is 0 Å². The van der Waals surface area contributed by atoms with Crippen LogP contribution in [0.15, 0.2) is 18.2 Å². The molecule has 0 saturated carbocycles. The third-order valence-electron chi connectivity index (χ3n) is 3.48. The molecule has 17 heavy (non-hydrogen) atoms. The molecule has 0 radical (unpaired) electrons. The zero-order valence-corrected chi connectivity index (χ0v) is 11.7. The molecule has 96 valence electrons. The lowest BCUT2D eigenvalue weighted by Gasteiger charge is -2.23. The summed E-state index contributed by atoms with van der Waals surface area (Å²) in [5.41, 5.74) is 3.32. The molecule has 0 fully saturated rings. The first kappa shape index (κ1) is 14.2. The maximum absolute atomic E-state index is 10.4. The fraction of sp³-hybridized carbons (Fsp3) is 0.625. The van der Waals surface area contributed by atoms with E-state index >= 15 is 0 Å². The standard InChI is InChI=1S/C16H26O/c1-5-6-7-10-16(4,17)12-15-9-8-13(2)14(3)11-15/h8-9,11,17H,5-7,10,12H2,1-4H3. The van der Waals surface area contributed by atoms with Crippen molar-refractivity contribution >= 4 is 0 Å². The number of hydrogen-bond donors (Lipinski definition) is 1. The fourth-order valence-corrected chi connectivity index (χ4v) is 2.20. The molecule has 0 spiro atoms. The van der Waals surface area contributed by atoms with Gasteiger partial charge in [0, 0.05) is 6.42 Å². The summed E-state index contributed by atoms with van der Waals surface area (Å²) in [6, 6.07) is 6.48. The van der Waals surface area contributed by atoms with Gasteiger partial charge < -0.3 is 5.11 Å². The van der Waals surface area contributed by atoms with Gasteiger partial charge in [-0.25, -0.2) is 0 Å². The van der Waals surface area contributed by atoms with Gasteiger partial charge in [0.25, 0.3) is 0 Å². The highest BCUT2D eigenvalue weighted by molar-refractivity contribution is 5.30. The smallest absolute Gasteiger partial charge is 0.0660 e. The summed E-state index contributed by atoms with van der Waals surface area (Å²) < 4.78 is 0. The van der Waals surface area contributed by atoms with E-state index in [1.165, 1.54) is 29.5 Å². The van der Waals surface area contributed by atoms with Crippen molar-refractivity contribution in [2.24, 2.45) is 0 Å². The number of aliphatic hydroxyl groups is 1. The first-order valence-electron chi connectivity index (χ1n) is 6.73. The quantitative estimate of drug-likeness (QED) is 0.732. The number of benzene rings is 1. The Bertz CT molecular complexity index is 353. The van der Waals surface area contributed by atoms with Crippen molar-refractivity contribution in [2.45, 2.75) is 65.4 Å². The van der Waals surface area contributed by atoms with Crippen LogP contribution in [0.25, 0.3) is 0 Å². The molecule has 0 aliphatic carbocycles. The van der Waals surface area contributed by atoms with Crippen LogP contribution < -0.4 is 0 Å². The largest absolute Gasteiger partial charge is 0.390 e. The summed E-state index contributed by atoms with van der Waals surface area (Å²) in [5, 5.41) is 10.4. The highest BCUT2D eigenvalue weighted by Gasteiger charge is 2.20. The van der Waals surface area contributed by atoms with Crippen LogP contribution in [0, 0.1) is 13.8 Å². The SMILES string of the molecule is CCCCCC(C)(O)Cc1ccc(C)c(C)c1. The number of hydrogen-bond acceptors (Lipinski definition) is 1. The van der Waals surface area contributed by atoms with Crippen molar-refractivity contribution in [1.29, 1.82) is 0 Å². The van der Waals surface area contributed by atoms with Crippen LogP contribution in [-0.4, -0.2) is 10.7 Å². The van der Waals surface area contributed by atoms with Crippen molar-refractivity contribution in [3.63, 3.8) is 0 Å². The first-order chi connectivity index (χ1) is 7.94. The van der Waals surface area contributed by atoms with Gasteiger partial charge in [-0.05, 0) is 43.9 Å². The number of rotatable bonds is 6. The third-order valence-corrected chi connectivity index (χ3v) is 3.48. The van der Waals surface area contributed by atoms with Gasteiger partial charge in [0.1, 0.15) is 0 Å². The minimum atomic E-state index is -0.559. The van der Waals surface area contributed by atoms with Gasteiger partial charge in [-0.1, -0.05) is 44.4 Å². The van der Waals surface area contributed by atoms with Crippen LogP contribution in [-0.2, 0) is 6.42 Å². The average Bonchev–Trinajstić information content (AvgIpc) is 2.23. The van der Waals surface area contributed by atoms with Gasteiger partial charge in [-0.2, -0.15) is 0 Å². The third kappa shape index (κ3) is 4.91. The molecule has 1 N–H and O–H groups in total. The van der Waals surface area contributed by atoms with E-state index in [0.29, 0.717) is 0 Å². The summed E-state index contributed by atoms with van der Waals surface area (Å²) in [5.74, 6) is 0. The molecule has 1 unspecified atom stereocenters. The second-order valence-corrected chi connectivity index (χ2v) is 5.55. The Morgan fingerprint density at radius 2 is 1.82 bits per heavy atom. The van der Waals surface area contributed by atoms with Crippen molar-refractivity contribution in [1.82, 2.24) is 0 Å². The molecule has 0 aliphatic heterocycles. The lowest BCUT2D eigenvalue weighted by atomic mass is 9.90. The normalized spacial score (nSPS) is 14.6. The molecule has 0 aliphatic rings. The minimum Gasteiger partial charge on any atom is -0.390 e. The van der Waals surface area contributed by atoms with E-state index in [1.54, 1.807) is 0 Å². The second kappa shape index (κ2) is 6.20. The van der Waals surface area contributed by atoms with Crippen LogP contribution in [0.3, 0.4) is 0 Å². The van der Waals surface area contributed by atoms with E-state index < -0.39 is 5.60 Å². The van der Waals surface area contributed by atoms with Gasteiger partial charge in [0.2, 0.25) is 0 Å². The second-order valence-electron chi connectivity index (χ2n) is 5.55. The molecule has 1 aromatic carbocycles. The average molecular weight is 234 g/mol. The lowest BCUT2D eigenvalue weighted by molar-refractivity contribution is 0.0486. The molecule has 0 aromatic heterocycles. The van der Waals surface area contributed by atoms with Gasteiger partial charge in [-0.3, -0.25) is 0 Å². The highest BCUT2D eigenvalue weighted by atomic mass is 16.3. The van der Waals surface area contributed by atoms with Gasteiger partial charge >= 0.3 is 0 Å². The van der Waals surface area contributed by atoms with Crippen LogP contribution in [0.2, 0.25) is 0 Å². The summed E-state index contributed by atoms with van der Waals surface area (Å²) in [6.07, 6.45) is 5.20. The molecule has 0 saturated heterocycles. The van der Waals surface area contributed by atoms with E-state index in [2.05, 4.69) is 39.0 Å². The molecule has 0 heterocycles. The predicted molar refractivity (Wildman–Crippen MR) is 74.4 cm³/mol. The van der Waals surface area contributed by atoms with E-state index in [-0.39, 0.29) is 0 Å². The Hall–Kier alpha value is -0.820. The van der Waals surface area contributed by atoms with Gasteiger partial charge in [-0.15, -0.1) is 0 Å². The maximum Gasteiger partial charge on any atom is 0.0660 e. The van der Waals surface area contributed by atoms with Gasteiger partial charge in [0.05, 0.1) is 5.60 Å². The van der Waals surface area contributed by atoms with Crippen molar-refractivity contribution < 1.29 is 5.11 Å². The zero-order chi connectivity index (χ0) is 12.9.